The summed E-state index contributed by atoms with van der Waals surface area (Å²) in [7, 11) is -1.06. The van der Waals surface area contributed by atoms with Gasteiger partial charge >= 0.3 is 6.09 Å². The van der Waals surface area contributed by atoms with Crippen molar-refractivity contribution in [3.05, 3.63) is 17.5 Å². The minimum Gasteiger partial charge on any atom is -0.465 e. The van der Waals surface area contributed by atoms with Gasteiger partial charge in [-0.2, -0.15) is 5.10 Å². The Labute approximate surface area is 120 Å². The van der Waals surface area contributed by atoms with Gasteiger partial charge in [-0.3, -0.25) is 0 Å². The first kappa shape index (κ1) is 15.1. The summed E-state index contributed by atoms with van der Waals surface area (Å²) in [6.45, 7) is 9.17. The Balaban J connectivity index is 1.88. The molecule has 0 saturated heterocycles. The zero-order chi connectivity index (χ0) is 14.8. The van der Waals surface area contributed by atoms with Crippen LogP contribution in [0.25, 0.3) is 0 Å². The molecule has 0 atom stereocenters. The van der Waals surface area contributed by atoms with E-state index in [1.165, 1.54) is 4.90 Å². The van der Waals surface area contributed by atoms with Gasteiger partial charge in [-0.05, 0) is 6.04 Å². The predicted octanol–water partition coefficient (Wildman–Crippen LogP) is 2.23. The van der Waals surface area contributed by atoms with Crippen molar-refractivity contribution in [2.45, 2.75) is 45.4 Å². The fraction of sp³-hybridized carbons (Fsp3) is 0.692. The Bertz CT molecular complexity index is 482. The van der Waals surface area contributed by atoms with E-state index in [1.54, 1.807) is 6.20 Å². The summed E-state index contributed by atoms with van der Waals surface area (Å²) in [6.07, 6.45) is 1.60. The van der Waals surface area contributed by atoms with Crippen LogP contribution in [0, 0.1) is 0 Å². The van der Waals surface area contributed by atoms with Crippen LogP contribution in [0.2, 0.25) is 25.7 Å². The highest BCUT2D eigenvalue weighted by Gasteiger charge is 2.23. The van der Waals surface area contributed by atoms with E-state index in [1.807, 2.05) is 4.68 Å². The third kappa shape index (κ3) is 3.83. The molecule has 1 amide bonds. The molecular weight excluding hydrogens is 274 g/mol. The second-order valence-electron chi connectivity index (χ2n) is 6.42. The Morgan fingerprint density at radius 3 is 2.90 bits per heavy atom. The maximum absolute atomic E-state index is 11.0. The number of nitrogens with zero attached hydrogens (tertiary/aromatic N) is 3. The van der Waals surface area contributed by atoms with Crippen molar-refractivity contribution >= 4 is 14.2 Å². The maximum atomic E-state index is 11.0. The van der Waals surface area contributed by atoms with E-state index in [0.29, 0.717) is 26.2 Å². The maximum Gasteiger partial charge on any atom is 0.407 e. The molecule has 0 fully saturated rings. The molecule has 0 unspecified atom stereocenters. The number of carbonyl (C=O) groups is 1. The predicted molar refractivity (Wildman–Crippen MR) is 78.5 cm³/mol. The van der Waals surface area contributed by atoms with Gasteiger partial charge < -0.3 is 14.7 Å². The first-order valence-corrected chi connectivity index (χ1v) is 10.7. The summed E-state index contributed by atoms with van der Waals surface area (Å²) < 4.78 is 7.56. The Kier molecular flexibility index (Phi) is 4.49. The number of ether oxygens (including phenoxy) is 1. The Hall–Kier alpha value is -1.34. The number of rotatable bonds is 5. The monoisotopic (exact) mass is 297 g/mol. The molecule has 0 saturated carbocycles. The SMILES string of the molecule is C[Si](C)(C)CCOCn1ncc2c1CCN(C(=O)O)C2. The Morgan fingerprint density at radius 1 is 1.50 bits per heavy atom. The van der Waals surface area contributed by atoms with Gasteiger partial charge in [-0.15, -0.1) is 0 Å². The first-order chi connectivity index (χ1) is 9.37. The van der Waals surface area contributed by atoms with Crippen LogP contribution in [-0.4, -0.2) is 47.1 Å². The van der Waals surface area contributed by atoms with E-state index in [0.717, 1.165) is 23.9 Å². The van der Waals surface area contributed by atoms with Crippen LogP contribution in [0.1, 0.15) is 11.3 Å². The second-order valence-corrected chi connectivity index (χ2v) is 12.0. The third-order valence-electron chi connectivity index (χ3n) is 3.50. The minimum atomic E-state index is -1.06. The lowest BCUT2D eigenvalue weighted by Gasteiger charge is -2.24. The average molecular weight is 297 g/mol. The van der Waals surface area contributed by atoms with E-state index in [-0.39, 0.29) is 0 Å². The number of carboxylic acid groups (broad SMARTS) is 1. The van der Waals surface area contributed by atoms with Crippen molar-refractivity contribution in [2.75, 3.05) is 13.2 Å². The third-order valence-corrected chi connectivity index (χ3v) is 5.20. The molecule has 7 heteroatoms. The smallest absolute Gasteiger partial charge is 0.407 e. The molecule has 1 aromatic heterocycles. The van der Waals surface area contributed by atoms with Gasteiger partial charge in [0.1, 0.15) is 6.73 Å². The van der Waals surface area contributed by atoms with Gasteiger partial charge in [0.05, 0.1) is 12.7 Å². The van der Waals surface area contributed by atoms with Crippen molar-refractivity contribution in [1.29, 1.82) is 0 Å². The van der Waals surface area contributed by atoms with E-state index >= 15 is 0 Å². The lowest BCUT2D eigenvalue weighted by molar-refractivity contribution is 0.0752. The topological polar surface area (TPSA) is 67.6 Å². The molecule has 2 rings (SSSR count). The van der Waals surface area contributed by atoms with Crippen molar-refractivity contribution in [3.63, 3.8) is 0 Å². The quantitative estimate of drug-likeness (QED) is 0.668. The number of aromatic nitrogens is 2. The Morgan fingerprint density at radius 2 is 2.25 bits per heavy atom. The van der Waals surface area contributed by atoms with Crippen molar-refractivity contribution < 1.29 is 14.6 Å². The van der Waals surface area contributed by atoms with E-state index < -0.39 is 14.2 Å². The van der Waals surface area contributed by atoms with Gasteiger partial charge in [-0.25, -0.2) is 9.48 Å². The lowest BCUT2D eigenvalue weighted by atomic mass is 10.1. The second kappa shape index (κ2) is 5.97. The van der Waals surface area contributed by atoms with Crippen LogP contribution < -0.4 is 0 Å². The molecule has 0 aromatic carbocycles. The number of fused-ring (bicyclic) bond motifs is 1. The average Bonchev–Trinajstić information content (AvgIpc) is 2.76. The van der Waals surface area contributed by atoms with Gasteiger partial charge in [-0.1, -0.05) is 19.6 Å². The van der Waals surface area contributed by atoms with Crippen LogP contribution in [0.3, 0.4) is 0 Å². The van der Waals surface area contributed by atoms with Crippen molar-refractivity contribution in [3.8, 4) is 0 Å². The number of hydrogen-bond donors (Lipinski definition) is 1. The minimum absolute atomic E-state index is 0.430. The molecule has 0 radical (unpaired) electrons. The molecule has 1 aromatic rings. The van der Waals surface area contributed by atoms with Gasteiger partial charge in [0.15, 0.2) is 0 Å². The van der Waals surface area contributed by atoms with Gasteiger partial charge in [0, 0.05) is 38.9 Å². The molecule has 0 bridgehead atoms. The highest BCUT2D eigenvalue weighted by atomic mass is 28.3. The van der Waals surface area contributed by atoms with Crippen LogP contribution >= 0.6 is 0 Å². The molecule has 112 valence electrons. The zero-order valence-electron chi connectivity index (χ0n) is 12.4. The van der Waals surface area contributed by atoms with Crippen LogP contribution in [0.5, 0.6) is 0 Å². The highest BCUT2D eigenvalue weighted by molar-refractivity contribution is 6.76. The normalized spacial score (nSPS) is 15.2. The summed E-state index contributed by atoms with van der Waals surface area (Å²) in [5, 5.41) is 13.3. The van der Waals surface area contributed by atoms with E-state index in [4.69, 9.17) is 9.84 Å². The molecule has 1 N–H and O–H groups in total. The first-order valence-electron chi connectivity index (χ1n) is 6.96. The van der Waals surface area contributed by atoms with Crippen molar-refractivity contribution in [2.24, 2.45) is 0 Å². The number of hydrogen-bond acceptors (Lipinski definition) is 3. The van der Waals surface area contributed by atoms with Crippen LogP contribution in [-0.2, 0) is 24.4 Å². The van der Waals surface area contributed by atoms with Gasteiger partial charge in [0.2, 0.25) is 0 Å². The fourth-order valence-electron chi connectivity index (χ4n) is 2.20. The molecule has 0 spiro atoms. The standard InChI is InChI=1S/C13H23N3O3Si/c1-20(2,3)7-6-19-10-16-12-4-5-15(13(17)18)9-11(12)8-14-16/h8H,4-7,9-10H2,1-3H3,(H,17,18). The fourth-order valence-corrected chi connectivity index (χ4v) is 2.96. The van der Waals surface area contributed by atoms with Crippen LogP contribution in [0.15, 0.2) is 6.20 Å². The highest BCUT2D eigenvalue weighted by Crippen LogP contribution is 2.18. The molecule has 2 heterocycles. The summed E-state index contributed by atoms with van der Waals surface area (Å²) >= 11 is 0. The largest absolute Gasteiger partial charge is 0.465 e. The molecule has 6 nitrogen and oxygen atoms in total. The molecular formula is C13H23N3O3Si. The van der Waals surface area contributed by atoms with Crippen LogP contribution in [0.4, 0.5) is 4.79 Å². The van der Waals surface area contributed by atoms with E-state index in [9.17, 15) is 4.79 Å². The zero-order valence-corrected chi connectivity index (χ0v) is 13.4. The summed E-state index contributed by atoms with van der Waals surface area (Å²) in [6, 6.07) is 1.14. The molecule has 20 heavy (non-hydrogen) atoms. The molecule has 1 aliphatic heterocycles. The van der Waals surface area contributed by atoms with E-state index in [2.05, 4.69) is 24.7 Å². The molecule has 1 aliphatic rings. The summed E-state index contributed by atoms with van der Waals surface area (Å²) in [5.74, 6) is 0. The van der Waals surface area contributed by atoms with Gasteiger partial charge in [0.25, 0.3) is 0 Å². The molecule has 0 aliphatic carbocycles. The number of amides is 1. The summed E-state index contributed by atoms with van der Waals surface area (Å²) in [4.78, 5) is 12.4. The van der Waals surface area contributed by atoms with Crippen molar-refractivity contribution in [1.82, 2.24) is 14.7 Å². The summed E-state index contributed by atoms with van der Waals surface area (Å²) in [5.41, 5.74) is 2.10. The lowest BCUT2D eigenvalue weighted by Crippen LogP contribution is -2.35.